The van der Waals surface area contributed by atoms with Crippen LogP contribution in [0.15, 0.2) is 96.2 Å². The lowest BCUT2D eigenvalue weighted by molar-refractivity contribution is -0.115. The molecule has 2 heterocycles. The number of methoxy groups -OCH3 is 1. The molecule has 1 amide bonds. The second kappa shape index (κ2) is 13.3. The lowest BCUT2D eigenvalue weighted by Gasteiger charge is -2.22. The topological polar surface area (TPSA) is 94.1 Å². The Hall–Kier alpha value is -4.34. The zero-order chi connectivity index (χ0) is 29.6. The highest BCUT2D eigenvalue weighted by Crippen LogP contribution is 2.43. The SMILES string of the molecule is COC(=O)c1c(NC(=O)CCSc2nnc(-c3ccccc3)c(-c3ccccc3)n2)sc2c1CCC(c1ccccc1)C2. The van der Waals surface area contributed by atoms with E-state index in [4.69, 9.17) is 9.72 Å². The number of thioether (sulfide) groups is 1. The Labute approximate surface area is 258 Å². The number of fused-ring (bicyclic) bond motifs is 1. The van der Waals surface area contributed by atoms with Gasteiger partial charge in [0.15, 0.2) is 0 Å². The first-order valence-electron chi connectivity index (χ1n) is 14.2. The fraction of sp³-hybridized carbons (Fsp3) is 0.206. The van der Waals surface area contributed by atoms with Crippen LogP contribution >= 0.6 is 23.1 Å². The summed E-state index contributed by atoms with van der Waals surface area (Å²) in [6.45, 7) is 0. The molecule has 2 aromatic heterocycles. The number of carbonyl (C=O) groups excluding carboxylic acids is 2. The van der Waals surface area contributed by atoms with E-state index in [1.54, 1.807) is 0 Å². The van der Waals surface area contributed by atoms with Crippen molar-refractivity contribution in [2.75, 3.05) is 18.2 Å². The van der Waals surface area contributed by atoms with E-state index >= 15 is 0 Å². The molecule has 1 unspecified atom stereocenters. The normalized spacial score (nSPS) is 14.1. The molecule has 1 atom stereocenters. The molecule has 3 aromatic carbocycles. The van der Waals surface area contributed by atoms with Crippen LogP contribution in [-0.4, -0.2) is 39.9 Å². The number of aromatic nitrogens is 3. The summed E-state index contributed by atoms with van der Waals surface area (Å²) in [6.07, 6.45) is 2.79. The fourth-order valence-corrected chi connectivity index (χ4v) is 7.44. The number of hydrogen-bond acceptors (Lipinski definition) is 8. The molecular formula is C34H30N4O3S2. The summed E-state index contributed by atoms with van der Waals surface area (Å²) in [5.74, 6) is 0.265. The molecule has 43 heavy (non-hydrogen) atoms. The molecule has 6 rings (SSSR count). The Morgan fingerprint density at radius 2 is 1.56 bits per heavy atom. The molecule has 7 nitrogen and oxygen atoms in total. The summed E-state index contributed by atoms with van der Waals surface area (Å²) >= 11 is 2.87. The molecule has 0 saturated carbocycles. The van der Waals surface area contributed by atoms with Gasteiger partial charge >= 0.3 is 5.97 Å². The van der Waals surface area contributed by atoms with Crippen LogP contribution in [0.2, 0.25) is 0 Å². The molecule has 1 N–H and O–H groups in total. The zero-order valence-electron chi connectivity index (χ0n) is 23.7. The lowest BCUT2D eigenvalue weighted by Crippen LogP contribution is -2.16. The van der Waals surface area contributed by atoms with E-state index in [0.717, 1.165) is 46.5 Å². The minimum Gasteiger partial charge on any atom is -0.465 e. The first kappa shape index (κ1) is 28.8. The van der Waals surface area contributed by atoms with Crippen LogP contribution in [-0.2, 0) is 22.4 Å². The minimum absolute atomic E-state index is 0.173. The van der Waals surface area contributed by atoms with E-state index in [2.05, 4.69) is 39.8 Å². The van der Waals surface area contributed by atoms with Gasteiger partial charge in [-0.25, -0.2) is 9.78 Å². The van der Waals surface area contributed by atoms with Crippen molar-refractivity contribution >= 4 is 40.0 Å². The standard InChI is InChI=1S/C34H30N4O3S2/c1-41-33(40)29-26-18-17-25(22-11-5-2-6-12-22)21-27(26)43-32(29)35-28(39)19-20-42-34-36-30(23-13-7-3-8-14-23)31(37-38-34)24-15-9-4-10-16-24/h2-16,25H,17-21H2,1H3,(H,35,39). The van der Waals surface area contributed by atoms with Gasteiger partial charge in [0.25, 0.3) is 0 Å². The van der Waals surface area contributed by atoms with Crippen LogP contribution in [0.1, 0.15) is 45.1 Å². The van der Waals surface area contributed by atoms with Crippen molar-refractivity contribution < 1.29 is 14.3 Å². The Morgan fingerprint density at radius 3 is 2.23 bits per heavy atom. The predicted molar refractivity (Wildman–Crippen MR) is 172 cm³/mol. The van der Waals surface area contributed by atoms with Crippen LogP contribution in [0.25, 0.3) is 22.5 Å². The Morgan fingerprint density at radius 1 is 0.907 bits per heavy atom. The largest absolute Gasteiger partial charge is 0.465 e. The van der Waals surface area contributed by atoms with Gasteiger partial charge in [-0.05, 0) is 36.3 Å². The molecule has 0 fully saturated rings. The van der Waals surface area contributed by atoms with Crippen molar-refractivity contribution in [1.82, 2.24) is 15.2 Å². The maximum atomic E-state index is 13.1. The van der Waals surface area contributed by atoms with Gasteiger partial charge in [-0.1, -0.05) is 103 Å². The van der Waals surface area contributed by atoms with Crippen molar-refractivity contribution in [1.29, 1.82) is 0 Å². The Kier molecular flexibility index (Phi) is 8.91. The number of hydrogen-bond donors (Lipinski definition) is 1. The summed E-state index contributed by atoms with van der Waals surface area (Å²) in [4.78, 5) is 31.8. The number of nitrogens with zero attached hydrogens (tertiary/aromatic N) is 3. The van der Waals surface area contributed by atoms with E-state index < -0.39 is 5.97 Å². The van der Waals surface area contributed by atoms with E-state index in [1.165, 1.54) is 35.8 Å². The highest BCUT2D eigenvalue weighted by atomic mass is 32.2. The average molecular weight is 607 g/mol. The first-order valence-corrected chi connectivity index (χ1v) is 16.0. The number of amides is 1. The van der Waals surface area contributed by atoms with Crippen LogP contribution in [0, 0.1) is 0 Å². The van der Waals surface area contributed by atoms with Gasteiger partial charge in [-0.15, -0.1) is 21.5 Å². The molecular weight excluding hydrogens is 577 g/mol. The summed E-state index contributed by atoms with van der Waals surface area (Å²) in [7, 11) is 1.38. The maximum Gasteiger partial charge on any atom is 0.341 e. The lowest BCUT2D eigenvalue weighted by atomic mass is 9.83. The quantitative estimate of drug-likeness (QED) is 0.138. The fourth-order valence-electron chi connectivity index (χ4n) is 5.39. The van der Waals surface area contributed by atoms with E-state index in [-0.39, 0.29) is 12.3 Å². The van der Waals surface area contributed by atoms with Crippen LogP contribution in [0.5, 0.6) is 0 Å². The predicted octanol–water partition coefficient (Wildman–Crippen LogP) is 7.45. The number of benzene rings is 3. The van der Waals surface area contributed by atoms with Crippen LogP contribution in [0.4, 0.5) is 5.00 Å². The maximum absolute atomic E-state index is 13.1. The van der Waals surface area contributed by atoms with Gasteiger partial charge in [0, 0.05) is 28.2 Å². The number of anilines is 1. The number of nitrogens with one attached hydrogen (secondary N) is 1. The van der Waals surface area contributed by atoms with Crippen molar-refractivity contribution in [3.63, 3.8) is 0 Å². The molecule has 0 aliphatic heterocycles. The van der Waals surface area contributed by atoms with Gasteiger partial charge in [0.2, 0.25) is 11.1 Å². The number of rotatable bonds is 9. The summed E-state index contributed by atoms with van der Waals surface area (Å²) in [5.41, 5.74) is 6.13. The molecule has 0 radical (unpaired) electrons. The number of esters is 1. The van der Waals surface area contributed by atoms with Crippen molar-refractivity contribution in [3.8, 4) is 22.5 Å². The number of ether oxygens (including phenoxy) is 1. The third kappa shape index (κ3) is 6.53. The molecule has 0 saturated heterocycles. The molecule has 5 aromatic rings. The summed E-state index contributed by atoms with van der Waals surface area (Å²) < 4.78 is 5.11. The monoisotopic (exact) mass is 606 g/mol. The first-order chi connectivity index (χ1) is 21.1. The Bertz CT molecular complexity index is 1730. The molecule has 1 aliphatic rings. The minimum atomic E-state index is -0.410. The number of carbonyl (C=O) groups is 2. The van der Waals surface area contributed by atoms with Gasteiger partial charge < -0.3 is 10.1 Å². The molecule has 0 bridgehead atoms. The summed E-state index contributed by atoms with van der Waals surface area (Å²) in [6, 6.07) is 30.2. The van der Waals surface area contributed by atoms with E-state index in [1.807, 2.05) is 66.7 Å². The average Bonchev–Trinajstić information content (AvgIpc) is 3.42. The molecule has 216 valence electrons. The second-order valence-corrected chi connectivity index (χ2v) is 12.4. The van der Waals surface area contributed by atoms with E-state index in [0.29, 0.717) is 33.1 Å². The smallest absolute Gasteiger partial charge is 0.341 e. The molecule has 1 aliphatic carbocycles. The van der Waals surface area contributed by atoms with Gasteiger partial charge in [-0.2, -0.15) is 0 Å². The second-order valence-electron chi connectivity index (χ2n) is 10.2. The van der Waals surface area contributed by atoms with Gasteiger partial charge in [0.1, 0.15) is 16.4 Å². The van der Waals surface area contributed by atoms with E-state index in [9.17, 15) is 9.59 Å². The van der Waals surface area contributed by atoms with Crippen LogP contribution in [0.3, 0.4) is 0 Å². The van der Waals surface area contributed by atoms with Gasteiger partial charge in [0.05, 0.1) is 12.7 Å². The molecule has 9 heteroatoms. The third-order valence-corrected chi connectivity index (χ3v) is 9.51. The van der Waals surface area contributed by atoms with Crippen molar-refractivity contribution in [2.45, 2.75) is 36.8 Å². The zero-order valence-corrected chi connectivity index (χ0v) is 25.3. The Balaban J connectivity index is 1.15. The highest BCUT2D eigenvalue weighted by Gasteiger charge is 2.30. The summed E-state index contributed by atoms with van der Waals surface area (Å²) in [5, 5.41) is 12.9. The molecule has 0 spiro atoms. The highest BCUT2D eigenvalue weighted by molar-refractivity contribution is 7.99. The van der Waals surface area contributed by atoms with Gasteiger partial charge in [-0.3, -0.25) is 4.79 Å². The van der Waals surface area contributed by atoms with Crippen molar-refractivity contribution in [3.05, 3.63) is 113 Å². The van der Waals surface area contributed by atoms with Crippen molar-refractivity contribution in [2.24, 2.45) is 0 Å². The number of thiophene rings is 1. The third-order valence-electron chi connectivity index (χ3n) is 7.50. The van der Waals surface area contributed by atoms with Crippen LogP contribution < -0.4 is 5.32 Å².